The Morgan fingerprint density at radius 2 is 2.00 bits per heavy atom. The highest BCUT2D eigenvalue weighted by Gasteiger charge is 2.16. The minimum absolute atomic E-state index is 0.254. The van der Waals surface area contributed by atoms with Crippen LogP contribution in [-0.4, -0.2) is 11.2 Å². The van der Waals surface area contributed by atoms with Gasteiger partial charge in [0.05, 0.1) is 18.1 Å². The minimum Gasteiger partial charge on any atom is -0.391 e. The maximum atomic E-state index is 9.74. The molecule has 0 spiro atoms. The van der Waals surface area contributed by atoms with Gasteiger partial charge in [0, 0.05) is 0 Å². The molecule has 0 bridgehead atoms. The highest BCUT2D eigenvalue weighted by molar-refractivity contribution is 5.16. The van der Waals surface area contributed by atoms with Crippen LogP contribution in [0.25, 0.3) is 0 Å². The highest BCUT2D eigenvalue weighted by Crippen LogP contribution is 2.12. The zero-order chi connectivity index (χ0) is 10.4. The van der Waals surface area contributed by atoms with Crippen molar-refractivity contribution in [2.75, 3.05) is 0 Å². The topological polar surface area (TPSA) is 44.0 Å². The largest absolute Gasteiger partial charge is 0.391 e. The average molecular weight is 189 g/mol. The van der Waals surface area contributed by atoms with Crippen LogP contribution in [-0.2, 0) is 6.42 Å². The van der Waals surface area contributed by atoms with Crippen LogP contribution in [0.4, 0.5) is 0 Å². The third kappa shape index (κ3) is 2.86. The molecular weight excluding hydrogens is 174 g/mol. The summed E-state index contributed by atoms with van der Waals surface area (Å²) < 4.78 is 0. The number of nitrogens with zero attached hydrogens (tertiary/aromatic N) is 1. The first kappa shape index (κ1) is 10.7. The van der Waals surface area contributed by atoms with Gasteiger partial charge < -0.3 is 5.11 Å². The Kier molecular flexibility index (Phi) is 4.15. The van der Waals surface area contributed by atoms with Gasteiger partial charge >= 0.3 is 0 Å². The molecule has 0 heterocycles. The van der Waals surface area contributed by atoms with Crippen molar-refractivity contribution in [1.82, 2.24) is 0 Å². The Morgan fingerprint density at radius 3 is 2.50 bits per heavy atom. The van der Waals surface area contributed by atoms with E-state index in [4.69, 9.17) is 5.26 Å². The molecule has 2 unspecified atom stereocenters. The van der Waals surface area contributed by atoms with Crippen LogP contribution in [0.1, 0.15) is 18.9 Å². The molecule has 1 aromatic rings. The summed E-state index contributed by atoms with van der Waals surface area (Å²) in [5, 5.41) is 18.5. The number of hydrogen-bond acceptors (Lipinski definition) is 2. The van der Waals surface area contributed by atoms with Gasteiger partial charge in [-0.1, -0.05) is 37.3 Å². The Balaban J connectivity index is 2.57. The van der Waals surface area contributed by atoms with E-state index in [9.17, 15) is 5.11 Å². The monoisotopic (exact) mass is 189 g/mol. The smallest absolute Gasteiger partial charge is 0.0738 e. The van der Waals surface area contributed by atoms with Gasteiger partial charge in [0.2, 0.25) is 0 Å². The summed E-state index contributed by atoms with van der Waals surface area (Å²) in [5.74, 6) is -0.254. The first-order valence-electron chi connectivity index (χ1n) is 4.89. The highest BCUT2D eigenvalue weighted by atomic mass is 16.3. The first-order chi connectivity index (χ1) is 6.77. The number of aliphatic hydroxyl groups excluding tert-OH is 1. The van der Waals surface area contributed by atoms with Crippen molar-refractivity contribution < 1.29 is 5.11 Å². The maximum absolute atomic E-state index is 9.74. The van der Waals surface area contributed by atoms with E-state index < -0.39 is 6.10 Å². The maximum Gasteiger partial charge on any atom is 0.0738 e. The molecule has 1 rings (SSSR count). The molecule has 0 fully saturated rings. The summed E-state index contributed by atoms with van der Waals surface area (Å²) in [6.07, 6.45) is 0.713. The van der Waals surface area contributed by atoms with E-state index in [0.29, 0.717) is 12.8 Å². The fourth-order valence-electron chi connectivity index (χ4n) is 1.45. The van der Waals surface area contributed by atoms with E-state index in [-0.39, 0.29) is 5.92 Å². The van der Waals surface area contributed by atoms with Gasteiger partial charge in [-0.3, -0.25) is 0 Å². The lowest BCUT2D eigenvalue weighted by atomic mass is 9.95. The van der Waals surface area contributed by atoms with Gasteiger partial charge in [0.25, 0.3) is 0 Å². The van der Waals surface area contributed by atoms with Crippen molar-refractivity contribution in [2.45, 2.75) is 25.9 Å². The van der Waals surface area contributed by atoms with Crippen LogP contribution in [0.3, 0.4) is 0 Å². The number of benzene rings is 1. The van der Waals surface area contributed by atoms with Gasteiger partial charge in [-0.2, -0.15) is 5.26 Å². The third-order valence-corrected chi connectivity index (χ3v) is 2.36. The second-order valence-corrected chi connectivity index (χ2v) is 3.40. The van der Waals surface area contributed by atoms with Crippen LogP contribution in [0, 0.1) is 17.2 Å². The second kappa shape index (κ2) is 5.41. The summed E-state index contributed by atoms with van der Waals surface area (Å²) >= 11 is 0. The molecule has 1 aromatic carbocycles. The molecular formula is C12H15NO. The molecule has 0 radical (unpaired) electrons. The predicted octanol–water partition coefficient (Wildman–Crippen LogP) is 2.14. The molecule has 0 aliphatic carbocycles. The molecule has 74 valence electrons. The molecule has 14 heavy (non-hydrogen) atoms. The normalized spacial score (nSPS) is 14.4. The van der Waals surface area contributed by atoms with Crippen molar-refractivity contribution in [3.63, 3.8) is 0 Å². The molecule has 0 saturated heterocycles. The SMILES string of the molecule is CCC(C#N)C(O)Cc1ccccc1. The third-order valence-electron chi connectivity index (χ3n) is 2.36. The molecule has 0 aromatic heterocycles. The van der Waals surface area contributed by atoms with E-state index in [1.165, 1.54) is 0 Å². The van der Waals surface area contributed by atoms with E-state index >= 15 is 0 Å². The lowest BCUT2D eigenvalue weighted by Gasteiger charge is -2.14. The van der Waals surface area contributed by atoms with E-state index in [1.54, 1.807) is 0 Å². The van der Waals surface area contributed by atoms with Crippen LogP contribution in [0.2, 0.25) is 0 Å². The minimum atomic E-state index is -0.549. The van der Waals surface area contributed by atoms with Crippen molar-refractivity contribution >= 4 is 0 Å². The first-order valence-corrected chi connectivity index (χ1v) is 4.89. The molecule has 2 nitrogen and oxygen atoms in total. The number of nitriles is 1. The summed E-state index contributed by atoms with van der Waals surface area (Å²) in [4.78, 5) is 0. The molecule has 0 amide bonds. The summed E-state index contributed by atoms with van der Waals surface area (Å²) in [5.41, 5.74) is 1.08. The van der Waals surface area contributed by atoms with Gasteiger partial charge in [-0.05, 0) is 18.4 Å². The molecule has 1 N–H and O–H groups in total. The van der Waals surface area contributed by atoms with Crippen molar-refractivity contribution in [3.8, 4) is 6.07 Å². The van der Waals surface area contributed by atoms with E-state index in [1.807, 2.05) is 37.3 Å². The Bertz CT molecular complexity index is 302. The van der Waals surface area contributed by atoms with Crippen LogP contribution >= 0.6 is 0 Å². The molecule has 0 aliphatic rings. The van der Waals surface area contributed by atoms with Crippen LogP contribution in [0.15, 0.2) is 30.3 Å². The van der Waals surface area contributed by atoms with Crippen LogP contribution < -0.4 is 0 Å². The fraction of sp³-hybridized carbons (Fsp3) is 0.417. The van der Waals surface area contributed by atoms with Crippen molar-refractivity contribution in [1.29, 1.82) is 5.26 Å². The quantitative estimate of drug-likeness (QED) is 0.788. The lowest BCUT2D eigenvalue weighted by molar-refractivity contribution is 0.131. The van der Waals surface area contributed by atoms with Gasteiger partial charge in [0.1, 0.15) is 0 Å². The van der Waals surface area contributed by atoms with Crippen LogP contribution in [0.5, 0.6) is 0 Å². The molecule has 2 heteroatoms. The number of hydrogen-bond donors (Lipinski definition) is 1. The fourth-order valence-corrected chi connectivity index (χ4v) is 1.45. The van der Waals surface area contributed by atoms with Gasteiger partial charge in [-0.25, -0.2) is 0 Å². The summed E-state index contributed by atoms with van der Waals surface area (Å²) in [6.45, 7) is 1.92. The molecule has 0 aliphatic heterocycles. The van der Waals surface area contributed by atoms with Crippen molar-refractivity contribution in [2.24, 2.45) is 5.92 Å². The Morgan fingerprint density at radius 1 is 1.36 bits per heavy atom. The van der Waals surface area contributed by atoms with Gasteiger partial charge in [0.15, 0.2) is 0 Å². The number of aliphatic hydroxyl groups is 1. The van der Waals surface area contributed by atoms with E-state index in [2.05, 4.69) is 6.07 Å². The van der Waals surface area contributed by atoms with Gasteiger partial charge in [-0.15, -0.1) is 0 Å². The standard InChI is InChI=1S/C12H15NO/c1-2-11(9-13)12(14)8-10-6-4-3-5-7-10/h3-7,11-12,14H,2,8H2,1H3. The predicted molar refractivity (Wildman–Crippen MR) is 55.5 cm³/mol. The Labute approximate surface area is 84.8 Å². The summed E-state index contributed by atoms with van der Waals surface area (Å²) in [6, 6.07) is 11.9. The zero-order valence-corrected chi connectivity index (χ0v) is 8.35. The zero-order valence-electron chi connectivity index (χ0n) is 8.35. The Hall–Kier alpha value is -1.33. The lowest BCUT2D eigenvalue weighted by Crippen LogP contribution is -2.20. The summed E-state index contributed by atoms with van der Waals surface area (Å²) in [7, 11) is 0. The number of rotatable bonds is 4. The second-order valence-electron chi connectivity index (χ2n) is 3.40. The van der Waals surface area contributed by atoms with E-state index in [0.717, 1.165) is 5.56 Å². The molecule has 2 atom stereocenters. The average Bonchev–Trinajstić information content (AvgIpc) is 2.21. The molecule has 0 saturated carbocycles. The van der Waals surface area contributed by atoms with Crippen molar-refractivity contribution in [3.05, 3.63) is 35.9 Å².